The highest BCUT2D eigenvalue weighted by molar-refractivity contribution is 7.25. The second-order valence-corrected chi connectivity index (χ2v) is 11.0. The lowest BCUT2D eigenvalue weighted by atomic mass is 10.1. The van der Waals surface area contributed by atoms with E-state index in [-0.39, 0.29) is 0 Å². The largest absolute Gasteiger partial charge is 0.486 e. The van der Waals surface area contributed by atoms with E-state index in [1.54, 1.807) is 11.3 Å². The molecule has 0 saturated carbocycles. The van der Waals surface area contributed by atoms with E-state index >= 15 is 0 Å². The fraction of sp³-hybridized carbons (Fsp3) is 0.0286. The van der Waals surface area contributed by atoms with E-state index < -0.39 is 0 Å². The van der Waals surface area contributed by atoms with Crippen LogP contribution in [0.4, 0.5) is 5.69 Å². The first-order valence-corrected chi connectivity index (χ1v) is 13.9. The van der Waals surface area contributed by atoms with Crippen molar-refractivity contribution < 1.29 is 4.74 Å². The van der Waals surface area contributed by atoms with Gasteiger partial charge in [0.05, 0.1) is 16.7 Å². The number of nitrogens with two attached hydrogens (primary N) is 1. The second-order valence-electron chi connectivity index (χ2n) is 9.95. The molecule has 186 valence electrons. The Morgan fingerprint density at radius 1 is 0.615 bits per heavy atom. The van der Waals surface area contributed by atoms with Gasteiger partial charge in [-0.15, -0.1) is 11.3 Å². The number of aromatic nitrogens is 1. The van der Waals surface area contributed by atoms with Gasteiger partial charge in [-0.2, -0.15) is 0 Å². The van der Waals surface area contributed by atoms with Crippen molar-refractivity contribution in [2.45, 2.75) is 6.61 Å². The van der Waals surface area contributed by atoms with Crippen LogP contribution in [0, 0.1) is 0 Å². The Balaban J connectivity index is 1.20. The quantitative estimate of drug-likeness (QED) is 0.235. The molecule has 0 unspecified atom stereocenters. The van der Waals surface area contributed by atoms with Crippen molar-refractivity contribution in [3.63, 3.8) is 0 Å². The molecule has 2 aromatic heterocycles. The second kappa shape index (κ2) is 8.62. The van der Waals surface area contributed by atoms with E-state index in [2.05, 4.69) is 120 Å². The lowest BCUT2D eigenvalue weighted by Crippen LogP contribution is -2.00. The first-order valence-electron chi connectivity index (χ1n) is 13.1. The molecule has 0 bridgehead atoms. The van der Waals surface area contributed by atoms with Crippen LogP contribution in [-0.2, 0) is 6.61 Å². The third kappa shape index (κ3) is 3.42. The SMILES string of the molecule is Nc1ccc2sc3ccccc3c2c1OCc1ccc(-n2c3ccccc3c3ccc4ccccc4c32)cc1. The fourth-order valence-electron chi connectivity index (χ4n) is 5.85. The van der Waals surface area contributed by atoms with Crippen LogP contribution in [0.15, 0.2) is 121 Å². The van der Waals surface area contributed by atoms with Gasteiger partial charge < -0.3 is 15.0 Å². The Morgan fingerprint density at radius 3 is 2.23 bits per heavy atom. The number of fused-ring (bicyclic) bond motifs is 8. The minimum Gasteiger partial charge on any atom is -0.486 e. The van der Waals surface area contributed by atoms with Crippen LogP contribution in [0.1, 0.15) is 5.56 Å². The Morgan fingerprint density at radius 2 is 1.36 bits per heavy atom. The number of para-hydroxylation sites is 1. The van der Waals surface area contributed by atoms with Crippen molar-refractivity contribution in [1.82, 2.24) is 4.57 Å². The maximum atomic E-state index is 6.42. The molecule has 8 aromatic rings. The van der Waals surface area contributed by atoms with Crippen LogP contribution >= 0.6 is 11.3 Å². The molecule has 6 aromatic carbocycles. The molecule has 39 heavy (non-hydrogen) atoms. The number of benzene rings is 6. The smallest absolute Gasteiger partial charge is 0.151 e. The van der Waals surface area contributed by atoms with Crippen molar-refractivity contribution in [3.8, 4) is 11.4 Å². The summed E-state index contributed by atoms with van der Waals surface area (Å²) in [5, 5.41) is 7.32. The summed E-state index contributed by atoms with van der Waals surface area (Å²) in [5.41, 5.74) is 11.8. The first-order chi connectivity index (χ1) is 19.3. The molecular formula is C35H24N2OS. The molecule has 0 aliphatic heterocycles. The van der Waals surface area contributed by atoms with Crippen LogP contribution in [0.3, 0.4) is 0 Å². The Bertz CT molecular complexity index is 2190. The summed E-state index contributed by atoms with van der Waals surface area (Å²) in [6, 6.07) is 42.9. The van der Waals surface area contributed by atoms with Gasteiger partial charge in [0.15, 0.2) is 5.75 Å². The van der Waals surface area contributed by atoms with E-state index in [0.29, 0.717) is 12.3 Å². The van der Waals surface area contributed by atoms with Gasteiger partial charge >= 0.3 is 0 Å². The highest BCUT2D eigenvalue weighted by atomic mass is 32.1. The van der Waals surface area contributed by atoms with E-state index in [1.807, 2.05) is 6.07 Å². The number of hydrogen-bond acceptors (Lipinski definition) is 3. The minimum atomic E-state index is 0.448. The summed E-state index contributed by atoms with van der Waals surface area (Å²) in [4.78, 5) is 0. The predicted octanol–water partition coefficient (Wildman–Crippen LogP) is 9.47. The van der Waals surface area contributed by atoms with Gasteiger partial charge in [-0.25, -0.2) is 0 Å². The third-order valence-corrected chi connectivity index (χ3v) is 8.80. The van der Waals surface area contributed by atoms with Gasteiger partial charge in [0.25, 0.3) is 0 Å². The minimum absolute atomic E-state index is 0.448. The van der Waals surface area contributed by atoms with Gasteiger partial charge in [-0.1, -0.05) is 84.9 Å². The van der Waals surface area contributed by atoms with E-state index in [0.717, 1.165) is 22.4 Å². The van der Waals surface area contributed by atoms with Crippen LogP contribution < -0.4 is 10.5 Å². The lowest BCUT2D eigenvalue weighted by molar-refractivity contribution is 0.312. The lowest BCUT2D eigenvalue weighted by Gasteiger charge is -2.13. The number of nitrogen functional groups attached to an aromatic ring is 1. The molecule has 2 heterocycles. The number of ether oxygens (including phenoxy) is 1. The molecule has 0 radical (unpaired) electrons. The molecule has 0 amide bonds. The maximum absolute atomic E-state index is 6.42. The molecule has 2 N–H and O–H groups in total. The molecule has 0 saturated heterocycles. The Kier molecular flexibility index (Phi) is 4.91. The molecular weight excluding hydrogens is 496 g/mol. The summed E-state index contributed by atoms with van der Waals surface area (Å²) < 4.78 is 11.2. The van der Waals surface area contributed by atoms with Crippen molar-refractivity contribution in [2.75, 3.05) is 5.73 Å². The molecule has 0 atom stereocenters. The standard InChI is InChI=1S/C35H24N2OS/c36-29-19-20-32-33(28-10-4-6-12-31(28)39-32)35(29)38-21-22-13-16-24(17-14-22)37-30-11-5-3-9-26(30)27-18-15-23-7-1-2-8-25(23)34(27)37/h1-20H,21,36H2. The monoisotopic (exact) mass is 520 g/mol. The fourth-order valence-corrected chi connectivity index (χ4v) is 6.96. The third-order valence-electron chi connectivity index (χ3n) is 7.66. The topological polar surface area (TPSA) is 40.2 Å². The van der Waals surface area contributed by atoms with Crippen LogP contribution in [0.5, 0.6) is 5.75 Å². The van der Waals surface area contributed by atoms with Gasteiger partial charge in [-0.3, -0.25) is 0 Å². The van der Waals surface area contributed by atoms with Crippen LogP contribution in [-0.4, -0.2) is 4.57 Å². The zero-order chi connectivity index (χ0) is 25.9. The molecule has 0 aliphatic rings. The normalized spacial score (nSPS) is 11.8. The number of nitrogens with zero attached hydrogens (tertiary/aromatic N) is 1. The maximum Gasteiger partial charge on any atom is 0.151 e. The number of thiophene rings is 1. The molecule has 0 spiro atoms. The zero-order valence-corrected chi connectivity index (χ0v) is 21.9. The van der Waals surface area contributed by atoms with Gasteiger partial charge in [0, 0.05) is 42.0 Å². The summed E-state index contributed by atoms with van der Waals surface area (Å²) in [5.74, 6) is 0.767. The number of rotatable bonds is 4. The van der Waals surface area contributed by atoms with E-state index in [1.165, 1.54) is 47.4 Å². The summed E-state index contributed by atoms with van der Waals surface area (Å²) in [7, 11) is 0. The highest BCUT2D eigenvalue weighted by Gasteiger charge is 2.16. The molecule has 0 aliphatic carbocycles. The number of anilines is 1. The summed E-state index contributed by atoms with van der Waals surface area (Å²) >= 11 is 1.77. The molecule has 4 heteroatoms. The van der Waals surface area contributed by atoms with Gasteiger partial charge in [-0.05, 0) is 47.3 Å². The van der Waals surface area contributed by atoms with Crippen molar-refractivity contribution >= 4 is 69.8 Å². The van der Waals surface area contributed by atoms with Crippen LogP contribution in [0.25, 0.3) is 58.4 Å². The van der Waals surface area contributed by atoms with Crippen LogP contribution in [0.2, 0.25) is 0 Å². The highest BCUT2D eigenvalue weighted by Crippen LogP contribution is 2.42. The number of hydrogen-bond donors (Lipinski definition) is 1. The molecule has 3 nitrogen and oxygen atoms in total. The van der Waals surface area contributed by atoms with Crippen molar-refractivity contribution in [3.05, 3.63) is 127 Å². The van der Waals surface area contributed by atoms with Gasteiger partial charge in [0.1, 0.15) is 6.61 Å². The average molecular weight is 521 g/mol. The molecule has 8 rings (SSSR count). The van der Waals surface area contributed by atoms with Gasteiger partial charge in [0.2, 0.25) is 0 Å². The van der Waals surface area contributed by atoms with E-state index in [4.69, 9.17) is 10.5 Å². The zero-order valence-electron chi connectivity index (χ0n) is 21.1. The molecule has 0 fully saturated rings. The predicted molar refractivity (Wildman–Crippen MR) is 166 cm³/mol. The average Bonchev–Trinajstić information content (AvgIpc) is 3.53. The Hall–Kier alpha value is -4.80. The first kappa shape index (κ1) is 22.2. The summed E-state index contributed by atoms with van der Waals surface area (Å²) in [6.07, 6.45) is 0. The van der Waals surface area contributed by atoms with Crippen molar-refractivity contribution in [2.24, 2.45) is 0 Å². The Labute approximate surface area is 229 Å². The van der Waals surface area contributed by atoms with Crippen molar-refractivity contribution in [1.29, 1.82) is 0 Å². The van der Waals surface area contributed by atoms with E-state index in [9.17, 15) is 0 Å². The summed E-state index contributed by atoms with van der Waals surface area (Å²) in [6.45, 7) is 0.448.